The molecular weight excluding hydrogens is 337 g/mol. The molecule has 21 heavy (non-hydrogen) atoms. The Labute approximate surface area is 132 Å². The van der Waals surface area contributed by atoms with E-state index < -0.39 is 0 Å². The van der Waals surface area contributed by atoms with Gasteiger partial charge in [-0.25, -0.2) is 4.39 Å². The van der Waals surface area contributed by atoms with Crippen LogP contribution in [0.3, 0.4) is 0 Å². The van der Waals surface area contributed by atoms with E-state index in [2.05, 4.69) is 21.2 Å². The predicted molar refractivity (Wildman–Crippen MR) is 85.6 cm³/mol. The summed E-state index contributed by atoms with van der Waals surface area (Å²) in [5.41, 5.74) is 1.80. The van der Waals surface area contributed by atoms with Crippen molar-refractivity contribution in [2.24, 2.45) is 0 Å². The van der Waals surface area contributed by atoms with Crippen molar-refractivity contribution in [2.75, 3.05) is 19.0 Å². The number of hydrogen-bond acceptors (Lipinski definition) is 3. The summed E-state index contributed by atoms with van der Waals surface area (Å²) in [4.78, 5) is 0. The van der Waals surface area contributed by atoms with Gasteiger partial charge in [0.2, 0.25) is 0 Å². The molecule has 5 heteroatoms. The van der Waals surface area contributed by atoms with E-state index >= 15 is 0 Å². The molecule has 0 aliphatic heterocycles. The summed E-state index contributed by atoms with van der Waals surface area (Å²) in [5.74, 6) is 0.988. The zero-order chi connectivity index (χ0) is 15.2. The van der Waals surface area contributed by atoms with Crippen LogP contribution in [0.15, 0.2) is 40.9 Å². The van der Waals surface area contributed by atoms with Crippen molar-refractivity contribution in [1.29, 1.82) is 0 Å². The highest BCUT2D eigenvalue weighted by Gasteiger charge is 2.07. The lowest BCUT2D eigenvalue weighted by Gasteiger charge is -2.14. The number of hydrogen-bond donors (Lipinski definition) is 1. The molecule has 1 N–H and O–H groups in total. The van der Waals surface area contributed by atoms with Gasteiger partial charge in [-0.2, -0.15) is 0 Å². The summed E-state index contributed by atoms with van der Waals surface area (Å²) in [6.07, 6.45) is 0. The van der Waals surface area contributed by atoms with Gasteiger partial charge in [-0.15, -0.1) is 0 Å². The van der Waals surface area contributed by atoms with E-state index in [0.29, 0.717) is 18.9 Å². The van der Waals surface area contributed by atoms with Gasteiger partial charge in [-0.1, -0.05) is 15.9 Å². The van der Waals surface area contributed by atoms with Gasteiger partial charge in [0.25, 0.3) is 0 Å². The van der Waals surface area contributed by atoms with Gasteiger partial charge < -0.3 is 14.8 Å². The summed E-state index contributed by atoms with van der Waals surface area (Å²) in [5, 5.41) is 3.26. The number of halogens is 2. The van der Waals surface area contributed by atoms with Crippen LogP contribution in [0.25, 0.3) is 0 Å². The minimum atomic E-state index is -0.313. The first-order valence-corrected chi connectivity index (χ1v) is 7.42. The Morgan fingerprint density at radius 2 is 2.00 bits per heavy atom. The van der Waals surface area contributed by atoms with Crippen molar-refractivity contribution in [3.63, 3.8) is 0 Å². The van der Waals surface area contributed by atoms with Crippen molar-refractivity contribution in [2.45, 2.75) is 13.5 Å². The van der Waals surface area contributed by atoms with Crippen LogP contribution in [0.1, 0.15) is 12.5 Å². The zero-order valence-corrected chi connectivity index (χ0v) is 13.5. The molecule has 0 bridgehead atoms. The van der Waals surface area contributed by atoms with E-state index in [-0.39, 0.29) is 5.82 Å². The number of nitrogens with one attached hydrogen (secondary N) is 1. The summed E-state index contributed by atoms with van der Waals surface area (Å²) >= 11 is 3.51. The van der Waals surface area contributed by atoms with Gasteiger partial charge in [0.05, 0.1) is 19.4 Å². The Kier molecular flexibility index (Phi) is 5.44. The third-order valence-electron chi connectivity index (χ3n) is 2.97. The normalized spacial score (nSPS) is 10.3. The van der Waals surface area contributed by atoms with Crippen LogP contribution in [0.4, 0.5) is 10.1 Å². The van der Waals surface area contributed by atoms with Crippen molar-refractivity contribution in [3.05, 3.63) is 52.3 Å². The smallest absolute Gasteiger partial charge is 0.145 e. The molecule has 0 saturated carbocycles. The second-order valence-corrected chi connectivity index (χ2v) is 5.24. The molecule has 0 spiro atoms. The van der Waals surface area contributed by atoms with Crippen LogP contribution in [0.5, 0.6) is 11.5 Å². The van der Waals surface area contributed by atoms with Crippen LogP contribution in [0.2, 0.25) is 0 Å². The number of rotatable bonds is 6. The summed E-state index contributed by atoms with van der Waals surface area (Å²) in [6.45, 7) is 2.93. The Morgan fingerprint density at radius 1 is 1.19 bits per heavy atom. The molecule has 0 heterocycles. The van der Waals surface area contributed by atoms with Crippen LogP contribution in [-0.2, 0) is 6.54 Å². The van der Waals surface area contributed by atoms with Crippen molar-refractivity contribution in [1.82, 2.24) is 0 Å². The molecule has 0 aliphatic rings. The highest BCUT2D eigenvalue weighted by molar-refractivity contribution is 9.10. The topological polar surface area (TPSA) is 30.5 Å². The molecular formula is C16H17BrFNO2. The maximum atomic E-state index is 13.3. The van der Waals surface area contributed by atoms with E-state index in [9.17, 15) is 4.39 Å². The Bertz CT molecular complexity index is 619. The number of ether oxygens (including phenoxy) is 2. The lowest BCUT2D eigenvalue weighted by atomic mass is 10.2. The highest BCUT2D eigenvalue weighted by atomic mass is 79.9. The largest absolute Gasteiger partial charge is 0.497 e. The molecule has 0 fully saturated rings. The molecule has 0 saturated heterocycles. The monoisotopic (exact) mass is 353 g/mol. The molecule has 0 radical (unpaired) electrons. The average molecular weight is 354 g/mol. The molecule has 0 unspecified atom stereocenters. The summed E-state index contributed by atoms with van der Waals surface area (Å²) in [7, 11) is 1.63. The number of methoxy groups -OCH3 is 1. The quantitative estimate of drug-likeness (QED) is 0.822. The predicted octanol–water partition coefficient (Wildman–Crippen LogP) is 4.61. The van der Waals surface area contributed by atoms with E-state index in [1.807, 2.05) is 25.1 Å². The Hall–Kier alpha value is -1.75. The van der Waals surface area contributed by atoms with Gasteiger partial charge >= 0.3 is 0 Å². The summed E-state index contributed by atoms with van der Waals surface area (Å²) < 4.78 is 24.9. The van der Waals surface area contributed by atoms with E-state index in [1.165, 1.54) is 12.1 Å². The zero-order valence-electron chi connectivity index (χ0n) is 12.0. The molecule has 0 aromatic heterocycles. The fourth-order valence-electron chi connectivity index (χ4n) is 1.92. The average Bonchev–Trinajstić information content (AvgIpc) is 2.48. The van der Waals surface area contributed by atoms with Crippen LogP contribution < -0.4 is 14.8 Å². The number of benzene rings is 2. The third kappa shape index (κ3) is 4.11. The lowest BCUT2D eigenvalue weighted by molar-refractivity contribution is 0.340. The van der Waals surface area contributed by atoms with Gasteiger partial charge in [0.15, 0.2) is 0 Å². The standard InChI is InChI=1S/C16H17BrFNO2/c1-3-21-16-9-12(18)4-7-15(16)19-10-11-8-13(20-2)5-6-14(11)17/h4-9,19H,3,10H2,1-2H3. The molecule has 2 aromatic rings. The molecule has 3 nitrogen and oxygen atoms in total. The first kappa shape index (κ1) is 15.6. The first-order chi connectivity index (χ1) is 10.1. The highest BCUT2D eigenvalue weighted by Crippen LogP contribution is 2.28. The van der Waals surface area contributed by atoms with Crippen molar-refractivity contribution < 1.29 is 13.9 Å². The first-order valence-electron chi connectivity index (χ1n) is 6.62. The van der Waals surface area contributed by atoms with E-state index in [0.717, 1.165) is 21.5 Å². The minimum Gasteiger partial charge on any atom is -0.497 e. The SMILES string of the molecule is CCOc1cc(F)ccc1NCc1cc(OC)ccc1Br. The van der Waals surface area contributed by atoms with E-state index in [1.54, 1.807) is 13.2 Å². The fraction of sp³-hybridized carbons (Fsp3) is 0.250. The molecule has 112 valence electrons. The number of anilines is 1. The Balaban J connectivity index is 2.16. The van der Waals surface area contributed by atoms with Crippen LogP contribution in [-0.4, -0.2) is 13.7 Å². The third-order valence-corrected chi connectivity index (χ3v) is 3.74. The minimum absolute atomic E-state index is 0.313. The van der Waals surface area contributed by atoms with E-state index in [4.69, 9.17) is 9.47 Å². The van der Waals surface area contributed by atoms with Crippen LogP contribution >= 0.6 is 15.9 Å². The molecule has 0 amide bonds. The van der Waals surface area contributed by atoms with Gasteiger partial charge in [0, 0.05) is 17.1 Å². The molecule has 2 aromatic carbocycles. The molecule has 2 rings (SSSR count). The van der Waals surface area contributed by atoms with Crippen molar-refractivity contribution in [3.8, 4) is 11.5 Å². The summed E-state index contributed by atoms with van der Waals surface area (Å²) in [6, 6.07) is 10.2. The molecule has 0 atom stereocenters. The maximum Gasteiger partial charge on any atom is 0.145 e. The second-order valence-electron chi connectivity index (χ2n) is 4.38. The second kappa shape index (κ2) is 7.31. The fourth-order valence-corrected chi connectivity index (χ4v) is 2.31. The van der Waals surface area contributed by atoms with Crippen molar-refractivity contribution >= 4 is 21.6 Å². The maximum absolute atomic E-state index is 13.3. The van der Waals surface area contributed by atoms with Gasteiger partial charge in [0.1, 0.15) is 17.3 Å². The lowest BCUT2D eigenvalue weighted by Crippen LogP contribution is -2.04. The van der Waals surface area contributed by atoms with Crippen LogP contribution in [0, 0.1) is 5.82 Å². The van der Waals surface area contributed by atoms with Gasteiger partial charge in [-0.05, 0) is 42.8 Å². The molecule has 0 aliphatic carbocycles. The van der Waals surface area contributed by atoms with Gasteiger partial charge in [-0.3, -0.25) is 0 Å². The Morgan fingerprint density at radius 3 is 2.71 bits per heavy atom.